The van der Waals surface area contributed by atoms with Crippen molar-refractivity contribution < 1.29 is 24.0 Å². The average Bonchev–Trinajstić information content (AvgIpc) is 2.37. The van der Waals surface area contributed by atoms with Crippen molar-refractivity contribution in [1.82, 2.24) is 5.32 Å². The molecule has 2 unspecified atom stereocenters. The van der Waals surface area contributed by atoms with E-state index in [4.69, 9.17) is 5.11 Å². The van der Waals surface area contributed by atoms with Crippen molar-refractivity contribution in [1.29, 1.82) is 0 Å². The maximum absolute atomic E-state index is 11.6. The molecule has 8 heteroatoms. The predicted octanol–water partition coefficient (Wildman–Crippen LogP) is 1.37. The number of carboxylic acid groups (broad SMARTS) is 1. The number of carbonyl (C=O) groups excluding carboxylic acids is 1. The molecule has 0 aliphatic rings. The zero-order chi connectivity index (χ0) is 16.0. The van der Waals surface area contributed by atoms with Gasteiger partial charge in [0.15, 0.2) is 0 Å². The van der Waals surface area contributed by atoms with Crippen LogP contribution in [-0.4, -0.2) is 44.5 Å². The fourth-order valence-corrected chi connectivity index (χ4v) is 1.97. The van der Waals surface area contributed by atoms with Crippen LogP contribution in [0.2, 0.25) is 0 Å². The van der Waals surface area contributed by atoms with E-state index in [1.807, 2.05) is 6.92 Å². The molecule has 0 fully saturated rings. The summed E-state index contributed by atoms with van der Waals surface area (Å²) in [6, 6.07) is 3.26. The Balaban J connectivity index is 2.50. The van der Waals surface area contributed by atoms with Gasteiger partial charge >= 0.3 is 12.0 Å². The number of anilines is 1. The van der Waals surface area contributed by atoms with Crippen molar-refractivity contribution in [2.24, 2.45) is 0 Å². The minimum absolute atomic E-state index is 0.0100. The van der Waals surface area contributed by atoms with Gasteiger partial charge in [-0.25, -0.2) is 9.59 Å². The van der Waals surface area contributed by atoms with Crippen molar-refractivity contribution in [2.75, 3.05) is 18.1 Å². The van der Waals surface area contributed by atoms with Crippen LogP contribution in [0, 0.1) is 0 Å². The molecule has 21 heavy (non-hydrogen) atoms. The highest BCUT2D eigenvalue weighted by atomic mass is 32.2. The summed E-state index contributed by atoms with van der Waals surface area (Å²) in [5.41, 5.74) is 0.0438. The first-order valence-corrected chi connectivity index (χ1v) is 7.86. The number of rotatable bonds is 6. The van der Waals surface area contributed by atoms with Crippen LogP contribution >= 0.6 is 0 Å². The largest absolute Gasteiger partial charge is 0.507 e. The summed E-state index contributed by atoms with van der Waals surface area (Å²) in [5.74, 6) is -1.67. The molecule has 0 spiro atoms. The highest BCUT2D eigenvalue weighted by Gasteiger charge is 2.11. The molecule has 0 radical (unpaired) electrons. The Morgan fingerprint density at radius 3 is 2.57 bits per heavy atom. The Morgan fingerprint density at radius 2 is 2.05 bits per heavy atom. The van der Waals surface area contributed by atoms with E-state index in [0.29, 0.717) is 13.0 Å². The number of carboxylic acids is 1. The lowest BCUT2D eigenvalue weighted by Crippen LogP contribution is -2.31. The summed E-state index contributed by atoms with van der Waals surface area (Å²) < 4.78 is 11.1. The van der Waals surface area contributed by atoms with E-state index < -0.39 is 28.5 Å². The lowest BCUT2D eigenvalue weighted by molar-refractivity contribution is 0.0693. The molecule has 116 valence electrons. The molecular weight excluding hydrogens is 296 g/mol. The SMILES string of the molecule is CC(CCNC(=O)Nc1ccc(C(=O)O)c(O)c1)S(C)=O. The molecule has 0 heterocycles. The van der Waals surface area contributed by atoms with Crippen LogP contribution in [0.5, 0.6) is 5.75 Å². The Labute approximate surface area is 124 Å². The second kappa shape index (κ2) is 7.63. The van der Waals surface area contributed by atoms with Crippen LogP contribution in [0.4, 0.5) is 10.5 Å². The number of phenols is 1. The molecule has 1 rings (SSSR count). The van der Waals surface area contributed by atoms with Crippen LogP contribution in [0.3, 0.4) is 0 Å². The van der Waals surface area contributed by atoms with E-state index in [-0.39, 0.29) is 16.5 Å². The number of nitrogens with one attached hydrogen (secondary N) is 2. The van der Waals surface area contributed by atoms with Gasteiger partial charge in [-0.15, -0.1) is 0 Å². The lowest BCUT2D eigenvalue weighted by atomic mass is 10.2. The first kappa shape index (κ1) is 17.0. The molecule has 0 aliphatic carbocycles. The third-order valence-corrected chi connectivity index (χ3v) is 4.26. The molecule has 7 nitrogen and oxygen atoms in total. The van der Waals surface area contributed by atoms with Crippen molar-refractivity contribution in [3.8, 4) is 5.75 Å². The van der Waals surface area contributed by atoms with Crippen molar-refractivity contribution in [2.45, 2.75) is 18.6 Å². The van der Waals surface area contributed by atoms with E-state index in [1.165, 1.54) is 12.1 Å². The quantitative estimate of drug-likeness (QED) is 0.633. The number of benzene rings is 1. The van der Waals surface area contributed by atoms with Crippen molar-refractivity contribution in [3.05, 3.63) is 23.8 Å². The summed E-state index contributed by atoms with van der Waals surface area (Å²) in [4.78, 5) is 22.3. The molecule has 1 aromatic carbocycles. The number of urea groups is 1. The molecule has 1 aromatic rings. The molecular formula is C13H18N2O5S. The lowest BCUT2D eigenvalue weighted by Gasteiger charge is -2.11. The maximum Gasteiger partial charge on any atom is 0.339 e. The number of aromatic carboxylic acids is 1. The van der Waals surface area contributed by atoms with Gasteiger partial charge in [-0.1, -0.05) is 6.92 Å². The smallest absolute Gasteiger partial charge is 0.339 e. The molecule has 0 aromatic heterocycles. The van der Waals surface area contributed by atoms with Crippen LogP contribution in [0.1, 0.15) is 23.7 Å². The van der Waals surface area contributed by atoms with Gasteiger partial charge in [0.25, 0.3) is 0 Å². The zero-order valence-corrected chi connectivity index (χ0v) is 12.6. The summed E-state index contributed by atoms with van der Waals surface area (Å²) in [6.07, 6.45) is 2.19. The maximum atomic E-state index is 11.6. The van der Waals surface area contributed by atoms with Gasteiger partial charge in [0.05, 0.1) is 0 Å². The van der Waals surface area contributed by atoms with Gasteiger partial charge in [-0.3, -0.25) is 4.21 Å². The second-order valence-electron chi connectivity index (χ2n) is 4.52. The second-order valence-corrected chi connectivity index (χ2v) is 6.32. The number of aromatic hydroxyl groups is 1. The number of carbonyl (C=O) groups is 2. The minimum Gasteiger partial charge on any atom is -0.507 e. The van der Waals surface area contributed by atoms with Gasteiger partial charge in [-0.05, 0) is 18.6 Å². The van der Waals surface area contributed by atoms with Crippen LogP contribution in [0.25, 0.3) is 0 Å². The summed E-state index contributed by atoms with van der Waals surface area (Å²) in [5, 5.41) is 23.3. The van der Waals surface area contributed by atoms with Crippen LogP contribution in [-0.2, 0) is 10.8 Å². The van der Waals surface area contributed by atoms with E-state index in [9.17, 15) is 18.9 Å². The average molecular weight is 314 g/mol. The van der Waals surface area contributed by atoms with Gasteiger partial charge in [0.1, 0.15) is 11.3 Å². The van der Waals surface area contributed by atoms with Gasteiger partial charge in [-0.2, -0.15) is 0 Å². The standard InChI is InChI=1S/C13H18N2O5S/c1-8(21(2)20)5-6-14-13(19)15-9-3-4-10(12(17)18)11(16)7-9/h3-4,7-8,16H,5-6H2,1-2H3,(H,17,18)(H2,14,15,19). The fourth-order valence-electron chi connectivity index (χ4n) is 1.52. The highest BCUT2D eigenvalue weighted by Crippen LogP contribution is 2.21. The minimum atomic E-state index is -1.25. The van der Waals surface area contributed by atoms with E-state index in [1.54, 1.807) is 6.26 Å². The molecule has 0 aliphatic heterocycles. The third-order valence-electron chi connectivity index (χ3n) is 2.89. The van der Waals surface area contributed by atoms with Gasteiger partial charge in [0.2, 0.25) is 0 Å². The molecule has 4 N–H and O–H groups in total. The molecule has 0 saturated heterocycles. The zero-order valence-electron chi connectivity index (χ0n) is 11.8. The number of hydrogen-bond donors (Lipinski definition) is 4. The molecule has 2 amide bonds. The summed E-state index contributed by atoms with van der Waals surface area (Å²) in [6.45, 7) is 2.20. The monoisotopic (exact) mass is 314 g/mol. The number of hydrogen-bond acceptors (Lipinski definition) is 4. The van der Waals surface area contributed by atoms with Crippen molar-refractivity contribution in [3.63, 3.8) is 0 Å². The molecule has 2 atom stereocenters. The first-order valence-electron chi connectivity index (χ1n) is 6.24. The predicted molar refractivity (Wildman–Crippen MR) is 80.2 cm³/mol. The topological polar surface area (TPSA) is 116 Å². The Bertz CT molecular complexity index is 561. The fraction of sp³-hybridized carbons (Fsp3) is 0.385. The normalized spacial score (nSPS) is 13.2. The van der Waals surface area contributed by atoms with Crippen LogP contribution < -0.4 is 10.6 Å². The molecule has 0 bridgehead atoms. The summed E-state index contributed by atoms with van der Waals surface area (Å²) in [7, 11) is -0.934. The molecule has 0 saturated carbocycles. The number of amides is 2. The highest BCUT2D eigenvalue weighted by molar-refractivity contribution is 7.84. The van der Waals surface area contributed by atoms with E-state index in [2.05, 4.69) is 10.6 Å². The van der Waals surface area contributed by atoms with Crippen LogP contribution in [0.15, 0.2) is 18.2 Å². The Hall–Kier alpha value is -2.09. The third kappa shape index (κ3) is 5.42. The Morgan fingerprint density at radius 1 is 1.38 bits per heavy atom. The van der Waals surface area contributed by atoms with Gasteiger partial charge in [0, 0.05) is 40.6 Å². The Kier molecular flexibility index (Phi) is 6.16. The summed E-state index contributed by atoms with van der Waals surface area (Å²) >= 11 is 0. The van der Waals surface area contributed by atoms with Crippen molar-refractivity contribution >= 4 is 28.5 Å². The van der Waals surface area contributed by atoms with Gasteiger partial charge < -0.3 is 20.8 Å². The first-order chi connectivity index (χ1) is 9.81. The van der Waals surface area contributed by atoms with E-state index >= 15 is 0 Å². The van der Waals surface area contributed by atoms with E-state index in [0.717, 1.165) is 6.07 Å².